The second-order valence-corrected chi connectivity index (χ2v) is 4.68. The highest BCUT2D eigenvalue weighted by Gasteiger charge is 2.17. The van der Waals surface area contributed by atoms with Gasteiger partial charge < -0.3 is 10.4 Å². The summed E-state index contributed by atoms with van der Waals surface area (Å²) in [6, 6.07) is 10.6. The minimum absolute atomic E-state index is 0.0837. The highest BCUT2D eigenvalue weighted by Crippen LogP contribution is 2.17. The van der Waals surface area contributed by atoms with Gasteiger partial charge in [0.15, 0.2) is 11.6 Å². The maximum absolute atomic E-state index is 13.5. The van der Waals surface area contributed by atoms with Crippen LogP contribution in [0.5, 0.6) is 0 Å². The number of rotatable bonds is 4. The number of hydrogen-bond acceptors (Lipinski definition) is 2. The van der Waals surface area contributed by atoms with Crippen LogP contribution in [-0.4, -0.2) is 17.6 Å². The third-order valence-electron chi connectivity index (χ3n) is 3.20. The van der Waals surface area contributed by atoms with Gasteiger partial charge in [-0.15, -0.1) is 0 Å². The fraction of sp³-hybridized carbons (Fsp3) is 0.188. The van der Waals surface area contributed by atoms with Crippen molar-refractivity contribution in [1.29, 1.82) is 0 Å². The normalized spacial score (nSPS) is 12.0. The number of halogens is 2. The second kappa shape index (κ2) is 6.45. The Morgan fingerprint density at radius 1 is 1.19 bits per heavy atom. The molecule has 0 spiro atoms. The molecule has 0 aromatic heterocycles. The molecular formula is C16H15F2NO2. The molecule has 2 aromatic carbocycles. The molecule has 2 N–H and O–H groups in total. The van der Waals surface area contributed by atoms with Crippen LogP contribution in [0.2, 0.25) is 0 Å². The average molecular weight is 291 g/mol. The molecular weight excluding hydrogens is 276 g/mol. The number of nitrogens with one attached hydrogen (secondary N) is 1. The molecule has 0 heterocycles. The highest BCUT2D eigenvalue weighted by molar-refractivity contribution is 5.94. The van der Waals surface area contributed by atoms with Gasteiger partial charge in [0.25, 0.3) is 5.91 Å². The topological polar surface area (TPSA) is 49.3 Å². The van der Waals surface area contributed by atoms with Gasteiger partial charge >= 0.3 is 0 Å². The number of benzene rings is 2. The standard InChI is InChI=1S/C16H15F2NO2/c1-10-5-2-3-6-11(10)14(20)9-19-16(21)12-7-4-8-13(17)15(12)18/h2-8,14,20H,9H2,1H3,(H,19,21). The molecule has 0 radical (unpaired) electrons. The van der Waals surface area contributed by atoms with Gasteiger partial charge in [-0.2, -0.15) is 0 Å². The van der Waals surface area contributed by atoms with E-state index in [9.17, 15) is 18.7 Å². The number of carbonyl (C=O) groups is 1. The molecule has 0 saturated carbocycles. The molecule has 0 saturated heterocycles. The Bertz CT molecular complexity index is 658. The second-order valence-electron chi connectivity index (χ2n) is 4.68. The van der Waals surface area contributed by atoms with Crippen LogP contribution in [0.25, 0.3) is 0 Å². The Hall–Kier alpha value is -2.27. The molecule has 110 valence electrons. The molecule has 3 nitrogen and oxygen atoms in total. The molecule has 0 bridgehead atoms. The first-order valence-electron chi connectivity index (χ1n) is 6.46. The average Bonchev–Trinajstić information content (AvgIpc) is 2.47. The van der Waals surface area contributed by atoms with Crippen LogP contribution in [0.1, 0.15) is 27.6 Å². The summed E-state index contributed by atoms with van der Waals surface area (Å²) in [5, 5.41) is 12.4. The lowest BCUT2D eigenvalue weighted by atomic mass is 10.0. The van der Waals surface area contributed by atoms with Gasteiger partial charge in [0, 0.05) is 6.54 Å². The summed E-state index contributed by atoms with van der Waals surface area (Å²) < 4.78 is 26.5. The van der Waals surface area contributed by atoms with Crippen molar-refractivity contribution in [3.05, 3.63) is 70.8 Å². The summed E-state index contributed by atoms with van der Waals surface area (Å²) in [6.07, 6.45) is -0.910. The van der Waals surface area contributed by atoms with Crippen molar-refractivity contribution in [2.24, 2.45) is 0 Å². The maximum atomic E-state index is 13.5. The molecule has 0 aliphatic rings. The van der Waals surface area contributed by atoms with E-state index in [1.165, 1.54) is 12.1 Å². The summed E-state index contributed by atoms with van der Waals surface area (Å²) >= 11 is 0. The molecule has 5 heteroatoms. The lowest BCUT2D eigenvalue weighted by Gasteiger charge is -2.14. The predicted octanol–water partition coefficient (Wildman–Crippen LogP) is 2.74. The Kier molecular flexibility index (Phi) is 4.65. The van der Waals surface area contributed by atoms with E-state index in [4.69, 9.17) is 0 Å². The van der Waals surface area contributed by atoms with Crippen LogP contribution in [0, 0.1) is 18.6 Å². The van der Waals surface area contributed by atoms with Crippen LogP contribution in [0.4, 0.5) is 8.78 Å². The van der Waals surface area contributed by atoms with E-state index in [1.807, 2.05) is 19.1 Å². The van der Waals surface area contributed by atoms with Gasteiger partial charge in [0.05, 0.1) is 11.7 Å². The summed E-state index contributed by atoms with van der Waals surface area (Å²) in [4.78, 5) is 11.8. The number of aliphatic hydroxyl groups excluding tert-OH is 1. The Labute approximate surface area is 121 Å². The van der Waals surface area contributed by atoms with Crippen LogP contribution in [-0.2, 0) is 0 Å². The lowest BCUT2D eigenvalue weighted by Crippen LogP contribution is -2.29. The fourth-order valence-corrected chi connectivity index (χ4v) is 2.03. The summed E-state index contributed by atoms with van der Waals surface area (Å²) in [5.41, 5.74) is 1.18. The Balaban J connectivity index is 2.04. The van der Waals surface area contributed by atoms with E-state index in [-0.39, 0.29) is 12.1 Å². The van der Waals surface area contributed by atoms with Crippen LogP contribution in [0.3, 0.4) is 0 Å². The van der Waals surface area contributed by atoms with E-state index < -0.39 is 23.6 Å². The summed E-state index contributed by atoms with van der Waals surface area (Å²) in [5.74, 6) is -3.04. The third kappa shape index (κ3) is 3.44. The van der Waals surface area contributed by atoms with E-state index >= 15 is 0 Å². The zero-order valence-corrected chi connectivity index (χ0v) is 11.4. The minimum atomic E-state index is -1.19. The van der Waals surface area contributed by atoms with Crippen LogP contribution in [0.15, 0.2) is 42.5 Å². The van der Waals surface area contributed by atoms with Crippen molar-refractivity contribution < 1.29 is 18.7 Å². The number of aryl methyl sites for hydroxylation is 1. The maximum Gasteiger partial charge on any atom is 0.254 e. The molecule has 0 aliphatic heterocycles. The van der Waals surface area contributed by atoms with E-state index in [0.717, 1.165) is 11.6 Å². The molecule has 21 heavy (non-hydrogen) atoms. The summed E-state index contributed by atoms with van der Waals surface area (Å²) in [6.45, 7) is 1.76. The van der Waals surface area contributed by atoms with Gasteiger partial charge in [-0.05, 0) is 30.2 Å². The molecule has 2 rings (SSSR count). The van der Waals surface area contributed by atoms with E-state index in [1.54, 1.807) is 12.1 Å². The zero-order valence-electron chi connectivity index (χ0n) is 11.4. The SMILES string of the molecule is Cc1ccccc1C(O)CNC(=O)c1cccc(F)c1F. The number of carbonyl (C=O) groups excluding carboxylic acids is 1. The number of amides is 1. The first-order chi connectivity index (χ1) is 10.0. The first-order valence-corrected chi connectivity index (χ1v) is 6.46. The molecule has 1 unspecified atom stereocenters. The van der Waals surface area contributed by atoms with Crippen molar-refractivity contribution in [3.63, 3.8) is 0 Å². The molecule has 1 amide bonds. The highest BCUT2D eigenvalue weighted by atomic mass is 19.2. The zero-order chi connectivity index (χ0) is 15.4. The first kappa shape index (κ1) is 15.1. The third-order valence-corrected chi connectivity index (χ3v) is 3.20. The van der Waals surface area contributed by atoms with Crippen molar-refractivity contribution >= 4 is 5.91 Å². The van der Waals surface area contributed by atoms with Gasteiger partial charge in [-0.1, -0.05) is 30.3 Å². The van der Waals surface area contributed by atoms with Crippen LogP contribution >= 0.6 is 0 Å². The lowest BCUT2D eigenvalue weighted by molar-refractivity contribution is 0.0911. The van der Waals surface area contributed by atoms with Crippen molar-refractivity contribution in [3.8, 4) is 0 Å². The smallest absolute Gasteiger partial charge is 0.254 e. The Morgan fingerprint density at radius 3 is 2.62 bits per heavy atom. The van der Waals surface area contributed by atoms with E-state index in [0.29, 0.717) is 5.56 Å². The quantitative estimate of drug-likeness (QED) is 0.910. The fourth-order valence-electron chi connectivity index (χ4n) is 2.03. The van der Waals surface area contributed by atoms with Crippen molar-refractivity contribution in [1.82, 2.24) is 5.32 Å². The number of aliphatic hydroxyl groups is 1. The number of hydrogen-bond donors (Lipinski definition) is 2. The van der Waals surface area contributed by atoms with Gasteiger partial charge in [0.2, 0.25) is 0 Å². The van der Waals surface area contributed by atoms with Gasteiger partial charge in [-0.25, -0.2) is 8.78 Å². The molecule has 0 aliphatic carbocycles. The monoisotopic (exact) mass is 291 g/mol. The molecule has 1 atom stereocenters. The van der Waals surface area contributed by atoms with E-state index in [2.05, 4.69) is 5.32 Å². The van der Waals surface area contributed by atoms with Gasteiger partial charge in [0.1, 0.15) is 0 Å². The van der Waals surface area contributed by atoms with Crippen molar-refractivity contribution in [2.75, 3.05) is 6.54 Å². The van der Waals surface area contributed by atoms with Gasteiger partial charge in [-0.3, -0.25) is 4.79 Å². The summed E-state index contributed by atoms with van der Waals surface area (Å²) in [7, 11) is 0. The molecule has 2 aromatic rings. The predicted molar refractivity (Wildman–Crippen MR) is 74.8 cm³/mol. The Morgan fingerprint density at radius 2 is 1.90 bits per heavy atom. The van der Waals surface area contributed by atoms with Crippen molar-refractivity contribution in [2.45, 2.75) is 13.0 Å². The van der Waals surface area contributed by atoms with Crippen LogP contribution < -0.4 is 5.32 Å². The molecule has 0 fully saturated rings. The largest absolute Gasteiger partial charge is 0.387 e. The minimum Gasteiger partial charge on any atom is -0.387 e.